The Hall–Kier alpha value is -1.32. The minimum absolute atomic E-state index is 0.445. The van der Waals surface area contributed by atoms with E-state index in [0.717, 1.165) is 27.1 Å². The molecule has 0 aliphatic heterocycles. The molecule has 19 heavy (non-hydrogen) atoms. The predicted octanol–water partition coefficient (Wildman–Crippen LogP) is 4.63. The maximum absolute atomic E-state index is 6.06. The molecule has 0 atom stereocenters. The maximum Gasteiger partial charge on any atom is 0.133 e. The van der Waals surface area contributed by atoms with Gasteiger partial charge in [-0.15, -0.1) is 0 Å². The lowest BCUT2D eigenvalue weighted by atomic mass is 10.1. The first-order valence-corrected chi connectivity index (χ1v) is 7.05. The molecule has 2 aromatic carbocycles. The molecule has 2 aromatic rings. The highest BCUT2D eigenvalue weighted by molar-refractivity contribution is 9.10. The summed E-state index contributed by atoms with van der Waals surface area (Å²) in [6.45, 7) is 6.69. The summed E-state index contributed by atoms with van der Waals surface area (Å²) in [6.07, 6.45) is 0. The fourth-order valence-corrected chi connectivity index (χ4v) is 2.57. The number of hydrogen-bond donors (Lipinski definition) is 1. The van der Waals surface area contributed by atoms with Gasteiger partial charge in [-0.1, -0.05) is 28.1 Å². The average Bonchev–Trinajstić information content (AvgIpc) is 2.35. The van der Waals surface area contributed by atoms with E-state index in [1.165, 1.54) is 11.1 Å². The zero-order valence-electron chi connectivity index (χ0n) is 11.5. The molecule has 2 N–H and O–H groups in total. The molecule has 0 radical (unpaired) electrons. The molecule has 0 saturated heterocycles. The van der Waals surface area contributed by atoms with Gasteiger partial charge in [-0.2, -0.15) is 0 Å². The second-order valence-corrected chi connectivity index (χ2v) is 5.58. The number of rotatable bonds is 3. The molecule has 0 spiro atoms. The number of hydrogen-bond acceptors (Lipinski definition) is 2. The van der Waals surface area contributed by atoms with Crippen LogP contribution in [0.2, 0.25) is 0 Å². The first-order valence-electron chi connectivity index (χ1n) is 6.26. The molecule has 0 aromatic heterocycles. The first-order chi connectivity index (χ1) is 9.02. The molecular formula is C16H18BrNO. The second-order valence-electron chi connectivity index (χ2n) is 4.73. The molecule has 0 aliphatic rings. The van der Waals surface area contributed by atoms with Crippen LogP contribution in [0.1, 0.15) is 22.3 Å². The quantitative estimate of drug-likeness (QED) is 0.895. The molecule has 0 unspecified atom stereocenters. The van der Waals surface area contributed by atoms with Gasteiger partial charge in [0.1, 0.15) is 11.5 Å². The van der Waals surface area contributed by atoms with Crippen molar-refractivity contribution in [2.75, 3.05) is 0 Å². The minimum Gasteiger partial charge on any atom is -0.457 e. The molecule has 2 rings (SSSR count). The molecule has 0 amide bonds. The van der Waals surface area contributed by atoms with Gasteiger partial charge >= 0.3 is 0 Å². The van der Waals surface area contributed by atoms with Gasteiger partial charge in [-0.25, -0.2) is 0 Å². The van der Waals surface area contributed by atoms with E-state index in [9.17, 15) is 0 Å². The standard InChI is InChI=1S/C16H18BrNO/c1-10-7-11(2)12(3)16(8-10)19-15-6-4-5-14(17)13(15)9-18/h4-8H,9,18H2,1-3H3. The van der Waals surface area contributed by atoms with E-state index < -0.39 is 0 Å². The monoisotopic (exact) mass is 319 g/mol. The molecule has 0 bridgehead atoms. The second kappa shape index (κ2) is 5.76. The van der Waals surface area contributed by atoms with Gasteiger partial charge < -0.3 is 10.5 Å². The Labute approximate surface area is 122 Å². The largest absolute Gasteiger partial charge is 0.457 e. The lowest BCUT2D eigenvalue weighted by molar-refractivity contribution is 0.471. The summed E-state index contributed by atoms with van der Waals surface area (Å²) in [6, 6.07) is 10.1. The van der Waals surface area contributed by atoms with Crippen molar-refractivity contribution in [1.29, 1.82) is 0 Å². The van der Waals surface area contributed by atoms with E-state index >= 15 is 0 Å². The van der Waals surface area contributed by atoms with Gasteiger partial charge in [0.15, 0.2) is 0 Å². The summed E-state index contributed by atoms with van der Waals surface area (Å²) in [5.41, 5.74) is 10.4. The van der Waals surface area contributed by atoms with Gasteiger partial charge in [0.25, 0.3) is 0 Å². The molecule has 0 fully saturated rings. The summed E-state index contributed by atoms with van der Waals surface area (Å²) < 4.78 is 7.04. The third kappa shape index (κ3) is 2.99. The third-order valence-corrected chi connectivity index (χ3v) is 4.01. The number of benzene rings is 2. The van der Waals surface area contributed by atoms with E-state index in [-0.39, 0.29) is 0 Å². The van der Waals surface area contributed by atoms with Crippen LogP contribution in [0.5, 0.6) is 11.5 Å². The van der Waals surface area contributed by atoms with E-state index in [0.29, 0.717) is 6.54 Å². The highest BCUT2D eigenvalue weighted by Crippen LogP contribution is 2.33. The Morgan fingerprint density at radius 2 is 1.84 bits per heavy atom. The van der Waals surface area contributed by atoms with Crippen molar-refractivity contribution in [3.05, 3.63) is 57.1 Å². The molecule has 100 valence electrons. The summed E-state index contributed by atoms with van der Waals surface area (Å²) in [5, 5.41) is 0. The molecule has 0 heterocycles. The number of nitrogens with two attached hydrogens (primary N) is 1. The van der Waals surface area contributed by atoms with Crippen molar-refractivity contribution in [2.45, 2.75) is 27.3 Å². The smallest absolute Gasteiger partial charge is 0.133 e. The van der Waals surface area contributed by atoms with Crippen LogP contribution in [-0.4, -0.2) is 0 Å². The summed E-state index contributed by atoms with van der Waals surface area (Å²) in [4.78, 5) is 0. The lowest BCUT2D eigenvalue weighted by Crippen LogP contribution is -2.01. The van der Waals surface area contributed by atoms with Crippen molar-refractivity contribution >= 4 is 15.9 Å². The minimum atomic E-state index is 0.445. The molecular weight excluding hydrogens is 302 g/mol. The van der Waals surface area contributed by atoms with Gasteiger partial charge in [-0.05, 0) is 55.7 Å². The van der Waals surface area contributed by atoms with Gasteiger partial charge in [0.05, 0.1) is 0 Å². The summed E-state index contributed by atoms with van der Waals surface area (Å²) in [7, 11) is 0. The molecule has 3 heteroatoms. The highest BCUT2D eigenvalue weighted by atomic mass is 79.9. The average molecular weight is 320 g/mol. The van der Waals surface area contributed by atoms with Gasteiger partial charge in [0, 0.05) is 16.6 Å². The summed E-state index contributed by atoms with van der Waals surface area (Å²) >= 11 is 3.51. The van der Waals surface area contributed by atoms with Crippen LogP contribution in [0.15, 0.2) is 34.8 Å². The number of aryl methyl sites for hydroxylation is 2. The zero-order valence-corrected chi connectivity index (χ0v) is 13.0. The number of halogens is 1. The third-order valence-electron chi connectivity index (χ3n) is 3.26. The van der Waals surface area contributed by atoms with E-state index in [4.69, 9.17) is 10.5 Å². The van der Waals surface area contributed by atoms with Gasteiger partial charge in [0.2, 0.25) is 0 Å². The van der Waals surface area contributed by atoms with Crippen LogP contribution >= 0.6 is 15.9 Å². The fraction of sp³-hybridized carbons (Fsp3) is 0.250. The van der Waals surface area contributed by atoms with E-state index in [1.807, 2.05) is 18.2 Å². The normalized spacial score (nSPS) is 10.6. The van der Waals surface area contributed by atoms with Crippen LogP contribution in [0.25, 0.3) is 0 Å². The summed E-state index contributed by atoms with van der Waals surface area (Å²) in [5.74, 6) is 1.70. The fourth-order valence-electron chi connectivity index (χ4n) is 2.06. The topological polar surface area (TPSA) is 35.2 Å². The van der Waals surface area contributed by atoms with E-state index in [1.54, 1.807) is 0 Å². The SMILES string of the molecule is Cc1cc(C)c(C)c(Oc2cccc(Br)c2CN)c1. The predicted molar refractivity (Wildman–Crippen MR) is 82.8 cm³/mol. The molecule has 0 saturated carbocycles. The van der Waals surface area contributed by atoms with Crippen molar-refractivity contribution in [3.63, 3.8) is 0 Å². The maximum atomic E-state index is 6.06. The van der Waals surface area contributed by atoms with Crippen molar-refractivity contribution in [3.8, 4) is 11.5 Å². The van der Waals surface area contributed by atoms with Crippen LogP contribution in [0.4, 0.5) is 0 Å². The van der Waals surface area contributed by atoms with Crippen LogP contribution in [0, 0.1) is 20.8 Å². The van der Waals surface area contributed by atoms with Crippen molar-refractivity contribution < 1.29 is 4.74 Å². The van der Waals surface area contributed by atoms with Gasteiger partial charge in [-0.3, -0.25) is 0 Å². The highest BCUT2D eigenvalue weighted by Gasteiger charge is 2.10. The Kier molecular flexibility index (Phi) is 4.27. The Morgan fingerprint density at radius 1 is 1.11 bits per heavy atom. The molecule has 2 nitrogen and oxygen atoms in total. The Bertz CT molecular complexity index is 608. The lowest BCUT2D eigenvalue weighted by Gasteiger charge is -2.15. The Balaban J connectivity index is 2.45. The van der Waals surface area contributed by atoms with Crippen LogP contribution in [0.3, 0.4) is 0 Å². The van der Waals surface area contributed by atoms with Crippen LogP contribution in [-0.2, 0) is 6.54 Å². The first kappa shape index (κ1) is 14.1. The Morgan fingerprint density at radius 3 is 2.53 bits per heavy atom. The van der Waals surface area contributed by atoms with Crippen LogP contribution < -0.4 is 10.5 Å². The number of ether oxygens (including phenoxy) is 1. The van der Waals surface area contributed by atoms with Crippen molar-refractivity contribution in [2.24, 2.45) is 5.73 Å². The zero-order chi connectivity index (χ0) is 14.0. The van der Waals surface area contributed by atoms with Crippen molar-refractivity contribution in [1.82, 2.24) is 0 Å². The van der Waals surface area contributed by atoms with E-state index in [2.05, 4.69) is 48.8 Å². The molecule has 0 aliphatic carbocycles.